The molecule has 24 heavy (non-hydrogen) atoms. The van der Waals surface area contributed by atoms with Crippen LogP contribution in [0.25, 0.3) is 0 Å². The topological polar surface area (TPSA) is 53.9 Å². The third-order valence-corrected chi connectivity index (χ3v) is 5.19. The van der Waals surface area contributed by atoms with Gasteiger partial charge in [0.1, 0.15) is 0 Å². The molecule has 1 fully saturated rings. The van der Waals surface area contributed by atoms with Crippen LogP contribution in [-0.4, -0.2) is 27.3 Å². The van der Waals surface area contributed by atoms with Crippen LogP contribution in [-0.2, 0) is 6.42 Å². The van der Waals surface area contributed by atoms with Gasteiger partial charge in [0.2, 0.25) is 5.95 Å². The Hall–Kier alpha value is -2.17. The van der Waals surface area contributed by atoms with Gasteiger partial charge in [-0.05, 0) is 37.8 Å². The summed E-state index contributed by atoms with van der Waals surface area (Å²) in [6, 6.07) is 9.43. The van der Waals surface area contributed by atoms with Crippen molar-refractivity contribution >= 4 is 17.5 Å². The Bertz CT molecular complexity index is 694. The standard InChI is InChI=1S/C19H25N5/c1-14-12-15-8-6-7-11-17(15)24(14)18-13-20-23-19(22-18)21-16-9-4-2-3-5-10-16/h6-8,11,13-14,16H,2-5,9-10,12H2,1H3,(H,21,22,23). The minimum absolute atomic E-state index is 0.393. The molecule has 1 N–H and O–H groups in total. The second-order valence-electron chi connectivity index (χ2n) is 7.02. The van der Waals surface area contributed by atoms with Crippen molar-refractivity contribution in [1.29, 1.82) is 0 Å². The van der Waals surface area contributed by atoms with E-state index < -0.39 is 0 Å². The zero-order valence-corrected chi connectivity index (χ0v) is 14.3. The van der Waals surface area contributed by atoms with Crippen molar-refractivity contribution in [3.05, 3.63) is 36.0 Å². The maximum atomic E-state index is 4.77. The molecule has 1 saturated carbocycles. The van der Waals surface area contributed by atoms with E-state index in [4.69, 9.17) is 4.98 Å². The van der Waals surface area contributed by atoms with Crippen LogP contribution in [0.3, 0.4) is 0 Å². The average molecular weight is 323 g/mol. The van der Waals surface area contributed by atoms with E-state index in [9.17, 15) is 0 Å². The van der Waals surface area contributed by atoms with Gasteiger partial charge in [-0.1, -0.05) is 43.9 Å². The number of anilines is 3. The van der Waals surface area contributed by atoms with E-state index >= 15 is 0 Å². The molecule has 0 spiro atoms. The van der Waals surface area contributed by atoms with Crippen LogP contribution in [0.4, 0.5) is 17.5 Å². The summed E-state index contributed by atoms with van der Waals surface area (Å²) in [7, 11) is 0. The molecule has 126 valence electrons. The lowest BCUT2D eigenvalue weighted by molar-refractivity contribution is 0.612. The van der Waals surface area contributed by atoms with Gasteiger partial charge in [-0.3, -0.25) is 0 Å². The molecule has 1 aromatic carbocycles. The van der Waals surface area contributed by atoms with Gasteiger partial charge >= 0.3 is 0 Å². The van der Waals surface area contributed by atoms with Crippen molar-refractivity contribution in [2.75, 3.05) is 10.2 Å². The quantitative estimate of drug-likeness (QED) is 0.862. The van der Waals surface area contributed by atoms with Crippen molar-refractivity contribution in [2.45, 2.75) is 64.0 Å². The number of aromatic nitrogens is 3. The summed E-state index contributed by atoms with van der Waals surface area (Å²) in [4.78, 5) is 7.05. The van der Waals surface area contributed by atoms with Crippen molar-refractivity contribution in [3.8, 4) is 0 Å². The molecule has 2 heterocycles. The van der Waals surface area contributed by atoms with E-state index in [1.54, 1.807) is 6.20 Å². The van der Waals surface area contributed by atoms with Gasteiger partial charge in [-0.2, -0.15) is 10.1 Å². The second kappa shape index (κ2) is 6.75. The summed E-state index contributed by atoms with van der Waals surface area (Å²) in [5.41, 5.74) is 2.62. The van der Waals surface area contributed by atoms with E-state index in [1.807, 2.05) is 0 Å². The highest BCUT2D eigenvalue weighted by molar-refractivity contribution is 5.68. The third kappa shape index (κ3) is 3.07. The predicted octanol–water partition coefficient (Wildman–Crippen LogP) is 4.09. The smallest absolute Gasteiger partial charge is 0.244 e. The van der Waals surface area contributed by atoms with E-state index in [2.05, 4.69) is 51.6 Å². The number of benzene rings is 1. The minimum Gasteiger partial charge on any atom is -0.350 e. The molecule has 4 rings (SSSR count). The number of fused-ring (bicyclic) bond motifs is 1. The fourth-order valence-electron chi connectivity index (χ4n) is 3.99. The molecule has 2 aliphatic rings. The lowest BCUT2D eigenvalue weighted by atomic mass is 10.1. The molecule has 5 nitrogen and oxygen atoms in total. The third-order valence-electron chi connectivity index (χ3n) is 5.19. The number of nitrogens with one attached hydrogen (secondary N) is 1. The predicted molar refractivity (Wildman–Crippen MR) is 96.7 cm³/mol. The first-order valence-corrected chi connectivity index (χ1v) is 9.14. The molecule has 1 unspecified atom stereocenters. The lowest BCUT2D eigenvalue weighted by Gasteiger charge is -2.24. The highest BCUT2D eigenvalue weighted by atomic mass is 15.3. The number of hydrogen-bond donors (Lipinski definition) is 1. The molecule has 0 bridgehead atoms. The van der Waals surface area contributed by atoms with Crippen LogP contribution in [0.2, 0.25) is 0 Å². The zero-order chi connectivity index (χ0) is 16.4. The van der Waals surface area contributed by atoms with Crippen molar-refractivity contribution in [3.63, 3.8) is 0 Å². The molecule has 1 aliphatic carbocycles. The van der Waals surface area contributed by atoms with E-state index in [0.717, 1.165) is 12.2 Å². The van der Waals surface area contributed by atoms with Gasteiger partial charge in [0.25, 0.3) is 0 Å². The molecule has 1 atom stereocenters. The van der Waals surface area contributed by atoms with E-state index in [0.29, 0.717) is 18.0 Å². The first-order valence-electron chi connectivity index (χ1n) is 9.14. The van der Waals surface area contributed by atoms with Crippen molar-refractivity contribution in [2.24, 2.45) is 0 Å². The van der Waals surface area contributed by atoms with Crippen LogP contribution in [0, 0.1) is 0 Å². The molecular weight excluding hydrogens is 298 g/mol. The van der Waals surface area contributed by atoms with Crippen LogP contribution in [0.15, 0.2) is 30.5 Å². The van der Waals surface area contributed by atoms with Gasteiger partial charge in [0, 0.05) is 17.8 Å². The van der Waals surface area contributed by atoms with Gasteiger partial charge < -0.3 is 10.2 Å². The fourth-order valence-corrected chi connectivity index (χ4v) is 3.99. The summed E-state index contributed by atoms with van der Waals surface area (Å²) in [6.45, 7) is 2.24. The van der Waals surface area contributed by atoms with Crippen LogP contribution in [0.5, 0.6) is 0 Å². The molecule has 0 radical (unpaired) electrons. The van der Waals surface area contributed by atoms with Crippen molar-refractivity contribution < 1.29 is 0 Å². The highest BCUT2D eigenvalue weighted by Crippen LogP contribution is 2.37. The minimum atomic E-state index is 0.393. The molecule has 2 aromatic rings. The molecule has 1 aliphatic heterocycles. The monoisotopic (exact) mass is 323 g/mol. The Balaban J connectivity index is 1.56. The molecule has 0 saturated heterocycles. The highest BCUT2D eigenvalue weighted by Gasteiger charge is 2.28. The summed E-state index contributed by atoms with van der Waals surface area (Å²) >= 11 is 0. The lowest BCUT2D eigenvalue weighted by Crippen LogP contribution is -2.26. The number of rotatable bonds is 3. The normalized spacial score (nSPS) is 21.4. The molecule has 0 amide bonds. The van der Waals surface area contributed by atoms with E-state index in [-0.39, 0.29) is 0 Å². The first-order chi connectivity index (χ1) is 11.8. The SMILES string of the molecule is CC1Cc2ccccc2N1c1cnnc(NC2CCCCCC2)n1. The van der Waals surface area contributed by atoms with Crippen LogP contribution in [0.1, 0.15) is 51.0 Å². The van der Waals surface area contributed by atoms with Gasteiger partial charge in [0.05, 0.1) is 6.20 Å². The summed E-state index contributed by atoms with van der Waals surface area (Å²) in [5, 5.41) is 11.9. The Morgan fingerprint density at radius 2 is 1.88 bits per heavy atom. The van der Waals surface area contributed by atoms with Gasteiger partial charge in [-0.25, -0.2) is 0 Å². The van der Waals surface area contributed by atoms with Crippen molar-refractivity contribution in [1.82, 2.24) is 15.2 Å². The summed E-state index contributed by atoms with van der Waals surface area (Å²) in [6.07, 6.45) is 10.5. The number of hydrogen-bond acceptors (Lipinski definition) is 5. The largest absolute Gasteiger partial charge is 0.350 e. The maximum absolute atomic E-state index is 4.77. The second-order valence-corrected chi connectivity index (χ2v) is 7.02. The average Bonchev–Trinajstić information content (AvgIpc) is 2.75. The Morgan fingerprint density at radius 1 is 1.08 bits per heavy atom. The number of nitrogens with zero attached hydrogens (tertiary/aromatic N) is 4. The summed E-state index contributed by atoms with van der Waals surface area (Å²) < 4.78 is 0. The first kappa shape index (κ1) is 15.4. The fraction of sp³-hybridized carbons (Fsp3) is 0.526. The van der Waals surface area contributed by atoms with E-state index in [1.165, 1.54) is 49.8 Å². The van der Waals surface area contributed by atoms with Crippen LogP contribution >= 0.6 is 0 Å². The number of para-hydroxylation sites is 1. The molecular formula is C19H25N5. The Kier molecular flexibility index (Phi) is 4.32. The maximum Gasteiger partial charge on any atom is 0.244 e. The molecule has 1 aromatic heterocycles. The Labute approximate surface area is 143 Å². The van der Waals surface area contributed by atoms with Gasteiger partial charge in [-0.15, -0.1) is 5.10 Å². The summed E-state index contributed by atoms with van der Waals surface area (Å²) in [5.74, 6) is 1.55. The van der Waals surface area contributed by atoms with Crippen LogP contribution < -0.4 is 10.2 Å². The van der Waals surface area contributed by atoms with Gasteiger partial charge in [0.15, 0.2) is 5.82 Å². The molecule has 5 heteroatoms. The zero-order valence-electron chi connectivity index (χ0n) is 14.3. The Morgan fingerprint density at radius 3 is 2.71 bits per heavy atom.